The van der Waals surface area contributed by atoms with Gasteiger partial charge in [-0.3, -0.25) is 10.1 Å². The Hall–Kier alpha value is -2.11. The van der Waals surface area contributed by atoms with Crippen molar-refractivity contribution in [2.75, 3.05) is 7.11 Å². The summed E-state index contributed by atoms with van der Waals surface area (Å²) >= 11 is 5.89. The number of hydrogen-bond acceptors (Lipinski definition) is 4. The van der Waals surface area contributed by atoms with Crippen LogP contribution in [0.4, 0.5) is 5.69 Å². The van der Waals surface area contributed by atoms with Crippen LogP contribution in [0.25, 0.3) is 0 Å². The molecule has 0 saturated carbocycles. The minimum Gasteiger partial charge on any atom is -0.497 e. The summed E-state index contributed by atoms with van der Waals surface area (Å²) in [4.78, 5) is 10.6. The number of rotatable bonds is 6. The third kappa shape index (κ3) is 4.18. The van der Waals surface area contributed by atoms with Crippen LogP contribution >= 0.6 is 11.6 Å². The maximum atomic E-state index is 11.0. The van der Waals surface area contributed by atoms with Gasteiger partial charge in [-0.05, 0) is 29.8 Å². The largest absolute Gasteiger partial charge is 0.497 e. The molecule has 0 radical (unpaired) electrons. The maximum absolute atomic E-state index is 11.0. The molecule has 0 aromatic heterocycles. The van der Waals surface area contributed by atoms with Crippen molar-refractivity contribution in [3.05, 3.63) is 68.7 Å². The Kier molecular flexibility index (Phi) is 5.14. The molecular weight excluding hydrogens is 292 g/mol. The van der Waals surface area contributed by atoms with Gasteiger partial charge in [0.2, 0.25) is 0 Å². The summed E-state index contributed by atoms with van der Waals surface area (Å²) in [6.07, 6.45) is 0. The van der Waals surface area contributed by atoms with Crippen LogP contribution < -0.4 is 10.1 Å². The Morgan fingerprint density at radius 3 is 2.76 bits per heavy atom. The van der Waals surface area contributed by atoms with Crippen LogP contribution in [-0.2, 0) is 13.1 Å². The van der Waals surface area contributed by atoms with Gasteiger partial charge in [0.15, 0.2) is 0 Å². The molecule has 2 rings (SSSR count). The first-order valence-corrected chi connectivity index (χ1v) is 6.74. The predicted molar refractivity (Wildman–Crippen MR) is 81.6 cm³/mol. The molecule has 2 aromatic carbocycles. The monoisotopic (exact) mass is 306 g/mol. The number of nitrogens with one attached hydrogen (secondary N) is 1. The second kappa shape index (κ2) is 7.06. The van der Waals surface area contributed by atoms with E-state index in [1.165, 1.54) is 12.1 Å². The standard InChI is InChI=1S/C15H15ClN2O3/c1-21-14-4-2-3-11(7-14)9-17-10-12-8-13(16)5-6-15(12)18(19)20/h2-8,17H,9-10H2,1H3. The van der Waals surface area contributed by atoms with E-state index in [-0.39, 0.29) is 5.69 Å². The molecule has 0 atom stereocenters. The Labute approximate surface area is 127 Å². The minimum absolute atomic E-state index is 0.0672. The highest BCUT2D eigenvalue weighted by Gasteiger charge is 2.13. The van der Waals surface area contributed by atoms with Crippen molar-refractivity contribution in [1.29, 1.82) is 0 Å². The number of halogens is 1. The smallest absolute Gasteiger partial charge is 0.273 e. The first-order valence-electron chi connectivity index (χ1n) is 6.36. The zero-order valence-electron chi connectivity index (χ0n) is 11.5. The van der Waals surface area contributed by atoms with Gasteiger partial charge in [-0.1, -0.05) is 23.7 Å². The van der Waals surface area contributed by atoms with Crippen molar-refractivity contribution in [3.8, 4) is 5.75 Å². The average Bonchev–Trinajstić information content (AvgIpc) is 2.47. The lowest BCUT2D eigenvalue weighted by atomic mass is 10.1. The van der Waals surface area contributed by atoms with E-state index in [1.807, 2.05) is 24.3 Å². The second-order valence-electron chi connectivity index (χ2n) is 4.49. The van der Waals surface area contributed by atoms with E-state index in [1.54, 1.807) is 13.2 Å². The topological polar surface area (TPSA) is 64.4 Å². The summed E-state index contributed by atoms with van der Waals surface area (Å²) in [7, 11) is 1.61. The number of benzene rings is 2. The normalized spacial score (nSPS) is 10.4. The molecule has 0 amide bonds. The number of methoxy groups -OCH3 is 1. The van der Waals surface area contributed by atoms with E-state index >= 15 is 0 Å². The Morgan fingerprint density at radius 1 is 1.24 bits per heavy atom. The highest BCUT2D eigenvalue weighted by Crippen LogP contribution is 2.22. The quantitative estimate of drug-likeness (QED) is 0.655. The summed E-state index contributed by atoms with van der Waals surface area (Å²) in [5.74, 6) is 0.781. The Bertz CT molecular complexity index is 647. The van der Waals surface area contributed by atoms with Gasteiger partial charge in [0.05, 0.1) is 12.0 Å². The molecule has 2 aromatic rings. The van der Waals surface area contributed by atoms with Gasteiger partial charge in [0.25, 0.3) is 5.69 Å². The molecule has 0 fully saturated rings. The number of nitrogens with zero attached hydrogens (tertiary/aromatic N) is 1. The molecule has 1 N–H and O–H groups in total. The van der Waals surface area contributed by atoms with Crippen LogP contribution in [0.3, 0.4) is 0 Å². The first-order chi connectivity index (χ1) is 10.1. The van der Waals surface area contributed by atoms with Crippen molar-refractivity contribution in [2.45, 2.75) is 13.1 Å². The van der Waals surface area contributed by atoms with Crippen molar-refractivity contribution < 1.29 is 9.66 Å². The molecule has 0 aliphatic heterocycles. The lowest BCUT2D eigenvalue weighted by Gasteiger charge is -2.07. The van der Waals surface area contributed by atoms with Crippen LogP contribution in [0.15, 0.2) is 42.5 Å². The minimum atomic E-state index is -0.404. The predicted octanol–water partition coefficient (Wildman–Crippen LogP) is 3.55. The van der Waals surface area contributed by atoms with Gasteiger partial charge in [-0.25, -0.2) is 0 Å². The molecule has 0 spiro atoms. The molecule has 21 heavy (non-hydrogen) atoms. The Balaban J connectivity index is 2.03. The van der Waals surface area contributed by atoms with E-state index < -0.39 is 4.92 Å². The molecule has 0 aliphatic carbocycles. The van der Waals surface area contributed by atoms with Gasteiger partial charge in [0.1, 0.15) is 5.75 Å². The molecular formula is C15H15ClN2O3. The summed E-state index contributed by atoms with van der Waals surface area (Å²) in [5.41, 5.74) is 1.67. The zero-order chi connectivity index (χ0) is 15.2. The van der Waals surface area contributed by atoms with Gasteiger partial charge in [-0.2, -0.15) is 0 Å². The zero-order valence-corrected chi connectivity index (χ0v) is 12.3. The third-order valence-corrected chi connectivity index (χ3v) is 3.25. The molecule has 110 valence electrons. The molecule has 0 saturated heterocycles. The van der Waals surface area contributed by atoms with Crippen molar-refractivity contribution in [2.24, 2.45) is 0 Å². The molecule has 0 aliphatic rings. The lowest BCUT2D eigenvalue weighted by molar-refractivity contribution is -0.385. The van der Waals surface area contributed by atoms with Crippen LogP contribution in [0, 0.1) is 10.1 Å². The van der Waals surface area contributed by atoms with Crippen molar-refractivity contribution in [1.82, 2.24) is 5.32 Å². The van der Waals surface area contributed by atoms with Crippen LogP contribution in [0.1, 0.15) is 11.1 Å². The van der Waals surface area contributed by atoms with Crippen molar-refractivity contribution >= 4 is 17.3 Å². The fourth-order valence-electron chi connectivity index (χ4n) is 2.00. The number of hydrogen-bond donors (Lipinski definition) is 1. The lowest BCUT2D eigenvalue weighted by Crippen LogP contribution is -2.13. The maximum Gasteiger partial charge on any atom is 0.273 e. The molecule has 0 unspecified atom stereocenters. The van der Waals surface area contributed by atoms with Crippen molar-refractivity contribution in [3.63, 3.8) is 0 Å². The van der Waals surface area contributed by atoms with E-state index in [4.69, 9.17) is 16.3 Å². The summed E-state index contributed by atoms with van der Waals surface area (Å²) in [5, 5.41) is 14.6. The van der Waals surface area contributed by atoms with Crippen LogP contribution in [0.2, 0.25) is 5.02 Å². The van der Waals surface area contributed by atoms with E-state index in [9.17, 15) is 10.1 Å². The first kappa shape index (κ1) is 15.3. The molecule has 0 heterocycles. The highest BCUT2D eigenvalue weighted by molar-refractivity contribution is 6.30. The summed E-state index contributed by atoms with van der Waals surface area (Å²) in [6.45, 7) is 0.953. The summed E-state index contributed by atoms with van der Waals surface area (Å²) < 4.78 is 5.15. The average molecular weight is 307 g/mol. The molecule has 0 bridgehead atoms. The van der Waals surface area contributed by atoms with Gasteiger partial charge in [0, 0.05) is 29.7 Å². The van der Waals surface area contributed by atoms with Crippen LogP contribution in [-0.4, -0.2) is 12.0 Å². The van der Waals surface area contributed by atoms with Gasteiger partial charge in [-0.15, -0.1) is 0 Å². The highest BCUT2D eigenvalue weighted by atomic mass is 35.5. The van der Waals surface area contributed by atoms with E-state index in [2.05, 4.69) is 5.32 Å². The van der Waals surface area contributed by atoms with Crippen LogP contribution in [0.5, 0.6) is 5.75 Å². The van der Waals surface area contributed by atoms with E-state index in [0.717, 1.165) is 11.3 Å². The fraction of sp³-hybridized carbons (Fsp3) is 0.200. The summed E-state index contributed by atoms with van der Waals surface area (Å²) in [6, 6.07) is 12.2. The third-order valence-electron chi connectivity index (χ3n) is 3.02. The fourth-order valence-corrected chi connectivity index (χ4v) is 2.19. The number of ether oxygens (including phenoxy) is 1. The second-order valence-corrected chi connectivity index (χ2v) is 4.92. The number of nitro benzene ring substituents is 1. The SMILES string of the molecule is COc1cccc(CNCc2cc(Cl)ccc2[N+](=O)[O-])c1. The molecule has 5 nitrogen and oxygen atoms in total. The molecule has 6 heteroatoms. The Morgan fingerprint density at radius 2 is 2.05 bits per heavy atom. The van der Waals surface area contributed by atoms with Gasteiger partial charge < -0.3 is 10.1 Å². The number of nitro groups is 1. The van der Waals surface area contributed by atoms with E-state index in [0.29, 0.717) is 23.7 Å². The van der Waals surface area contributed by atoms with Gasteiger partial charge >= 0.3 is 0 Å².